The fourth-order valence-electron chi connectivity index (χ4n) is 1.25. The van der Waals surface area contributed by atoms with Gasteiger partial charge in [-0.2, -0.15) is 0 Å². The van der Waals surface area contributed by atoms with Crippen LogP contribution in [0.3, 0.4) is 0 Å². The zero-order valence-corrected chi connectivity index (χ0v) is 10.8. The Morgan fingerprint density at radius 1 is 1.53 bits per heavy atom. The number of pyridine rings is 1. The first-order valence-electron chi connectivity index (χ1n) is 5.06. The summed E-state index contributed by atoms with van der Waals surface area (Å²) in [5.74, 6) is -0.137. The van der Waals surface area contributed by atoms with Crippen molar-refractivity contribution in [3.8, 4) is 0 Å². The van der Waals surface area contributed by atoms with Crippen molar-refractivity contribution < 1.29 is 13.2 Å². The van der Waals surface area contributed by atoms with E-state index in [1.165, 1.54) is 19.4 Å². The van der Waals surface area contributed by atoms with E-state index in [-0.39, 0.29) is 11.3 Å². The summed E-state index contributed by atoms with van der Waals surface area (Å²) in [6.45, 7) is 3.27. The molecule has 1 aromatic rings. The first kappa shape index (κ1) is 13.7. The Balaban J connectivity index is 2.83. The molecule has 17 heavy (non-hydrogen) atoms. The molecule has 7 heteroatoms. The Bertz CT molecular complexity index is 535. The molecule has 0 fully saturated rings. The van der Waals surface area contributed by atoms with Crippen molar-refractivity contribution in [1.29, 1.82) is 0 Å². The number of H-pyrrole nitrogens is 1. The number of hydrogen-bond acceptors (Lipinski definition) is 4. The molecule has 1 atom stereocenters. The molecule has 6 nitrogen and oxygen atoms in total. The van der Waals surface area contributed by atoms with E-state index < -0.39 is 16.1 Å². The minimum Gasteiger partial charge on any atom is -0.381 e. The van der Waals surface area contributed by atoms with Crippen LogP contribution in [0.25, 0.3) is 0 Å². The fraction of sp³-hybridized carbons (Fsp3) is 0.500. The molecule has 0 bridgehead atoms. The molecular weight excluding hydrogens is 244 g/mol. The summed E-state index contributed by atoms with van der Waals surface area (Å²) >= 11 is 0. The third-order valence-corrected chi connectivity index (χ3v) is 3.67. The van der Waals surface area contributed by atoms with Crippen LogP contribution >= 0.6 is 0 Å². The maximum atomic E-state index is 11.7. The normalized spacial score (nSPS) is 13.4. The van der Waals surface area contributed by atoms with Crippen molar-refractivity contribution in [2.45, 2.75) is 20.0 Å². The van der Waals surface area contributed by atoms with E-state index in [1.807, 2.05) is 0 Å². The lowest BCUT2D eigenvalue weighted by molar-refractivity contribution is 0.136. The molecular formula is C10H16N2O4S. The molecule has 1 heterocycles. The molecule has 0 radical (unpaired) electrons. The van der Waals surface area contributed by atoms with E-state index in [1.54, 1.807) is 13.8 Å². The zero-order valence-electron chi connectivity index (χ0n) is 9.98. The molecule has 0 aromatic carbocycles. The van der Waals surface area contributed by atoms with Gasteiger partial charge in [0, 0.05) is 18.9 Å². The summed E-state index contributed by atoms with van der Waals surface area (Å²) in [5, 5.41) is 0. The van der Waals surface area contributed by atoms with Crippen molar-refractivity contribution in [3.63, 3.8) is 0 Å². The molecule has 2 N–H and O–H groups in total. The van der Waals surface area contributed by atoms with Crippen molar-refractivity contribution >= 4 is 15.7 Å². The predicted molar refractivity (Wildman–Crippen MR) is 65.7 cm³/mol. The molecule has 0 saturated carbocycles. The highest BCUT2D eigenvalue weighted by atomic mass is 32.2. The molecule has 0 aliphatic carbocycles. The molecule has 0 spiro atoms. The van der Waals surface area contributed by atoms with Gasteiger partial charge in [-0.05, 0) is 19.9 Å². The van der Waals surface area contributed by atoms with Gasteiger partial charge in [-0.1, -0.05) is 0 Å². The second-order valence-electron chi connectivity index (χ2n) is 3.83. The van der Waals surface area contributed by atoms with Crippen LogP contribution in [-0.2, 0) is 14.8 Å². The number of sulfonamides is 1. The van der Waals surface area contributed by atoms with Crippen molar-refractivity contribution in [2.75, 3.05) is 17.6 Å². The Kier molecular flexibility index (Phi) is 4.30. The Hall–Kier alpha value is -1.34. The van der Waals surface area contributed by atoms with Crippen LogP contribution in [0.2, 0.25) is 0 Å². The quantitative estimate of drug-likeness (QED) is 0.805. The molecule has 96 valence electrons. The maximum absolute atomic E-state index is 11.7. The molecule has 0 aliphatic rings. The van der Waals surface area contributed by atoms with E-state index in [2.05, 4.69) is 9.71 Å². The third-order valence-electron chi connectivity index (χ3n) is 2.22. The van der Waals surface area contributed by atoms with Crippen molar-refractivity contribution in [2.24, 2.45) is 0 Å². The Morgan fingerprint density at radius 3 is 2.71 bits per heavy atom. The van der Waals surface area contributed by atoms with Crippen LogP contribution in [-0.4, -0.2) is 32.4 Å². The SMILES string of the molecule is COC(C)CS(=O)(=O)Nc1c[nH]c(=O)c(C)c1. The molecule has 1 aromatic heterocycles. The van der Waals surface area contributed by atoms with E-state index in [4.69, 9.17) is 4.74 Å². The van der Waals surface area contributed by atoms with Crippen LogP contribution in [0.5, 0.6) is 0 Å². The summed E-state index contributed by atoms with van der Waals surface area (Å²) < 4.78 is 30.6. The number of aromatic nitrogens is 1. The van der Waals surface area contributed by atoms with Gasteiger partial charge in [-0.3, -0.25) is 9.52 Å². The number of nitrogens with one attached hydrogen (secondary N) is 2. The van der Waals surface area contributed by atoms with Gasteiger partial charge >= 0.3 is 0 Å². The van der Waals surface area contributed by atoms with E-state index in [9.17, 15) is 13.2 Å². The largest absolute Gasteiger partial charge is 0.381 e. The maximum Gasteiger partial charge on any atom is 0.250 e. The van der Waals surface area contributed by atoms with E-state index in [0.29, 0.717) is 11.3 Å². The number of hydrogen-bond donors (Lipinski definition) is 2. The molecule has 0 aliphatic heterocycles. The highest BCUT2D eigenvalue weighted by Gasteiger charge is 2.15. The van der Waals surface area contributed by atoms with Crippen LogP contribution in [0.4, 0.5) is 5.69 Å². The number of ether oxygens (including phenoxy) is 1. The first-order chi connectivity index (χ1) is 7.84. The van der Waals surface area contributed by atoms with Gasteiger partial charge in [-0.25, -0.2) is 8.42 Å². The Morgan fingerprint density at radius 2 is 2.18 bits per heavy atom. The standard InChI is InChI=1S/C10H16N2O4S/c1-7-4-9(5-11-10(7)13)12-17(14,15)6-8(2)16-3/h4-5,8,12H,6H2,1-3H3,(H,11,13). The molecule has 1 rings (SSSR count). The van der Waals surface area contributed by atoms with Crippen LogP contribution < -0.4 is 10.3 Å². The second kappa shape index (κ2) is 5.33. The predicted octanol–water partition coefficient (Wildman–Crippen LogP) is 0.460. The Labute approximate surface area is 100 Å². The highest BCUT2D eigenvalue weighted by molar-refractivity contribution is 7.92. The van der Waals surface area contributed by atoms with Crippen molar-refractivity contribution in [3.05, 3.63) is 28.2 Å². The first-order valence-corrected chi connectivity index (χ1v) is 6.72. The van der Waals surface area contributed by atoms with Gasteiger partial charge in [0.2, 0.25) is 10.0 Å². The lowest BCUT2D eigenvalue weighted by Gasteiger charge is -2.12. The monoisotopic (exact) mass is 260 g/mol. The van der Waals surface area contributed by atoms with Gasteiger partial charge in [0.05, 0.1) is 17.5 Å². The summed E-state index contributed by atoms with van der Waals surface area (Å²) in [4.78, 5) is 13.6. The highest BCUT2D eigenvalue weighted by Crippen LogP contribution is 2.08. The van der Waals surface area contributed by atoms with Gasteiger partial charge in [0.25, 0.3) is 5.56 Å². The third kappa shape index (κ3) is 4.20. The number of anilines is 1. The lowest BCUT2D eigenvalue weighted by Crippen LogP contribution is -2.26. The average Bonchev–Trinajstić information content (AvgIpc) is 2.22. The summed E-state index contributed by atoms with van der Waals surface area (Å²) in [7, 11) is -2.02. The summed E-state index contributed by atoms with van der Waals surface area (Å²) in [6.07, 6.45) is 0.932. The van der Waals surface area contributed by atoms with Gasteiger partial charge in [-0.15, -0.1) is 0 Å². The van der Waals surface area contributed by atoms with Crippen molar-refractivity contribution in [1.82, 2.24) is 4.98 Å². The summed E-state index contributed by atoms with van der Waals surface area (Å²) in [5.41, 5.74) is 0.550. The number of aromatic amines is 1. The smallest absolute Gasteiger partial charge is 0.250 e. The number of aryl methyl sites for hydroxylation is 1. The van der Waals surface area contributed by atoms with Gasteiger partial charge in [0.1, 0.15) is 0 Å². The minimum absolute atomic E-state index is 0.137. The van der Waals surface area contributed by atoms with Crippen LogP contribution in [0, 0.1) is 6.92 Å². The van der Waals surface area contributed by atoms with Gasteiger partial charge in [0.15, 0.2) is 0 Å². The molecule has 0 amide bonds. The average molecular weight is 260 g/mol. The number of methoxy groups -OCH3 is 1. The number of rotatable bonds is 5. The molecule has 0 saturated heterocycles. The van der Waals surface area contributed by atoms with E-state index >= 15 is 0 Å². The van der Waals surface area contributed by atoms with Gasteiger partial charge < -0.3 is 9.72 Å². The summed E-state index contributed by atoms with van der Waals surface area (Å²) in [6, 6.07) is 1.48. The topological polar surface area (TPSA) is 88.3 Å². The van der Waals surface area contributed by atoms with Crippen LogP contribution in [0.1, 0.15) is 12.5 Å². The minimum atomic E-state index is -3.47. The zero-order chi connectivity index (χ0) is 13.1. The van der Waals surface area contributed by atoms with Crippen LogP contribution in [0.15, 0.2) is 17.1 Å². The fourth-order valence-corrected chi connectivity index (χ4v) is 2.57. The second-order valence-corrected chi connectivity index (χ2v) is 5.60. The molecule has 1 unspecified atom stereocenters. The lowest BCUT2D eigenvalue weighted by atomic mass is 10.3. The van der Waals surface area contributed by atoms with E-state index in [0.717, 1.165) is 0 Å².